The van der Waals surface area contributed by atoms with Crippen molar-refractivity contribution in [1.29, 1.82) is 0 Å². The second-order valence-electron chi connectivity index (χ2n) is 4.85. The maximum absolute atomic E-state index is 12.0. The van der Waals surface area contributed by atoms with Gasteiger partial charge in [-0.25, -0.2) is 5.84 Å². The molecule has 1 aromatic carbocycles. The summed E-state index contributed by atoms with van der Waals surface area (Å²) in [6, 6.07) is 7.55. The summed E-state index contributed by atoms with van der Waals surface area (Å²) in [7, 11) is 0. The number of carbonyl (C=O) groups excluding carboxylic acids is 1. The number of fused-ring (bicyclic) bond motifs is 1. The summed E-state index contributed by atoms with van der Waals surface area (Å²) in [5.74, 6) is 5.68. The van der Waals surface area contributed by atoms with E-state index in [4.69, 9.17) is 10.3 Å². The Morgan fingerprint density at radius 3 is 2.79 bits per heavy atom. The van der Waals surface area contributed by atoms with Crippen LogP contribution in [0.2, 0.25) is 0 Å². The number of benzene rings is 1. The summed E-state index contributed by atoms with van der Waals surface area (Å²) >= 11 is 0. The number of rotatable bonds is 3. The zero-order chi connectivity index (χ0) is 13.2. The monoisotopic (exact) mass is 259 g/mol. The topological polar surface area (TPSA) is 71.5 Å². The fourth-order valence-corrected chi connectivity index (χ4v) is 2.67. The van der Waals surface area contributed by atoms with Crippen molar-refractivity contribution in [3.8, 4) is 0 Å². The summed E-state index contributed by atoms with van der Waals surface area (Å²) in [5.41, 5.74) is 3.50. The first-order chi connectivity index (χ1) is 9.29. The standard InChI is InChI=1S/C14H17N3O2/c15-16-14(18)13-10-5-1-2-6-11(10)19-12(13)9-17-7-3-4-8-17/h1-2,5-6H,3-4,7-9,15H2,(H,16,18). The molecule has 1 fully saturated rings. The molecule has 0 unspecified atom stereocenters. The Hall–Kier alpha value is -1.85. The molecule has 3 N–H and O–H groups in total. The van der Waals surface area contributed by atoms with Gasteiger partial charge in [0, 0.05) is 5.39 Å². The first kappa shape index (κ1) is 12.2. The molecule has 3 rings (SSSR count). The van der Waals surface area contributed by atoms with Crippen molar-refractivity contribution in [2.24, 2.45) is 5.84 Å². The normalized spacial score (nSPS) is 16.1. The van der Waals surface area contributed by atoms with E-state index in [0.29, 0.717) is 17.9 Å². The third kappa shape index (κ3) is 2.22. The van der Waals surface area contributed by atoms with Gasteiger partial charge in [-0.1, -0.05) is 18.2 Å². The van der Waals surface area contributed by atoms with E-state index < -0.39 is 0 Å². The predicted octanol–water partition coefficient (Wildman–Crippen LogP) is 1.63. The van der Waals surface area contributed by atoms with Crippen LogP contribution in [0, 0.1) is 0 Å². The molecule has 0 saturated carbocycles. The molecular formula is C14H17N3O2. The molecule has 1 aromatic heterocycles. The average molecular weight is 259 g/mol. The van der Waals surface area contributed by atoms with Gasteiger partial charge in [0.25, 0.3) is 5.91 Å². The van der Waals surface area contributed by atoms with E-state index in [1.165, 1.54) is 12.8 Å². The number of nitrogens with one attached hydrogen (secondary N) is 1. The Kier molecular flexibility index (Phi) is 3.23. The van der Waals surface area contributed by atoms with Crippen molar-refractivity contribution in [3.63, 3.8) is 0 Å². The van der Waals surface area contributed by atoms with Gasteiger partial charge in [-0.2, -0.15) is 0 Å². The molecule has 0 radical (unpaired) electrons. The number of nitrogen functional groups attached to an aromatic ring is 1. The van der Waals surface area contributed by atoms with Crippen LogP contribution in [0.1, 0.15) is 29.0 Å². The number of hydrazine groups is 1. The zero-order valence-electron chi connectivity index (χ0n) is 10.7. The summed E-state index contributed by atoms with van der Waals surface area (Å²) in [4.78, 5) is 14.3. The van der Waals surface area contributed by atoms with Crippen LogP contribution in [-0.2, 0) is 6.54 Å². The van der Waals surface area contributed by atoms with E-state index in [-0.39, 0.29) is 5.91 Å². The molecule has 2 aromatic rings. The van der Waals surface area contributed by atoms with E-state index in [9.17, 15) is 4.79 Å². The minimum Gasteiger partial charge on any atom is -0.459 e. The van der Waals surface area contributed by atoms with Crippen LogP contribution in [0.25, 0.3) is 11.0 Å². The zero-order valence-corrected chi connectivity index (χ0v) is 10.7. The highest BCUT2D eigenvalue weighted by Crippen LogP contribution is 2.27. The van der Waals surface area contributed by atoms with Crippen molar-refractivity contribution >= 4 is 16.9 Å². The molecule has 5 nitrogen and oxygen atoms in total. The number of likely N-dealkylation sites (tertiary alicyclic amines) is 1. The molecule has 0 bridgehead atoms. The van der Waals surface area contributed by atoms with Crippen molar-refractivity contribution < 1.29 is 9.21 Å². The van der Waals surface area contributed by atoms with Gasteiger partial charge in [-0.15, -0.1) is 0 Å². The van der Waals surface area contributed by atoms with Crippen LogP contribution < -0.4 is 11.3 Å². The van der Waals surface area contributed by atoms with Gasteiger partial charge in [-0.3, -0.25) is 15.1 Å². The largest absolute Gasteiger partial charge is 0.459 e. The molecule has 1 aliphatic rings. The molecule has 0 atom stereocenters. The Morgan fingerprint density at radius 2 is 2.05 bits per heavy atom. The minimum atomic E-state index is -0.292. The summed E-state index contributed by atoms with van der Waals surface area (Å²) in [6.07, 6.45) is 2.41. The summed E-state index contributed by atoms with van der Waals surface area (Å²) in [5, 5.41) is 0.819. The number of nitrogens with two attached hydrogens (primary N) is 1. The smallest absolute Gasteiger partial charge is 0.269 e. The molecule has 5 heteroatoms. The highest BCUT2D eigenvalue weighted by atomic mass is 16.3. The number of para-hydroxylation sites is 1. The van der Waals surface area contributed by atoms with Crippen molar-refractivity contribution in [1.82, 2.24) is 10.3 Å². The Morgan fingerprint density at radius 1 is 1.32 bits per heavy atom. The Labute approximate surface area is 111 Å². The van der Waals surface area contributed by atoms with Gasteiger partial charge < -0.3 is 4.42 Å². The Bertz CT molecular complexity index is 600. The van der Waals surface area contributed by atoms with Crippen LogP contribution >= 0.6 is 0 Å². The van der Waals surface area contributed by atoms with E-state index in [1.54, 1.807) is 0 Å². The third-order valence-corrected chi connectivity index (χ3v) is 3.59. The Balaban J connectivity index is 2.03. The van der Waals surface area contributed by atoms with Crippen LogP contribution in [0.4, 0.5) is 0 Å². The molecule has 0 spiro atoms. The highest BCUT2D eigenvalue weighted by Gasteiger charge is 2.22. The first-order valence-electron chi connectivity index (χ1n) is 6.53. The quantitative estimate of drug-likeness (QED) is 0.499. The number of furan rings is 1. The van der Waals surface area contributed by atoms with Gasteiger partial charge in [0.1, 0.15) is 11.3 Å². The second-order valence-corrected chi connectivity index (χ2v) is 4.85. The van der Waals surface area contributed by atoms with Gasteiger partial charge in [0.15, 0.2) is 0 Å². The molecule has 19 heavy (non-hydrogen) atoms. The fraction of sp³-hybridized carbons (Fsp3) is 0.357. The molecule has 0 aliphatic carbocycles. The number of hydrogen-bond donors (Lipinski definition) is 2. The van der Waals surface area contributed by atoms with Crippen LogP contribution in [-0.4, -0.2) is 23.9 Å². The fourth-order valence-electron chi connectivity index (χ4n) is 2.67. The maximum Gasteiger partial charge on any atom is 0.269 e. The van der Waals surface area contributed by atoms with E-state index in [1.807, 2.05) is 24.3 Å². The number of carbonyl (C=O) groups is 1. The molecule has 100 valence electrons. The highest BCUT2D eigenvalue weighted by molar-refractivity contribution is 6.07. The average Bonchev–Trinajstić information content (AvgIpc) is 3.05. The lowest BCUT2D eigenvalue weighted by atomic mass is 10.1. The summed E-state index contributed by atoms with van der Waals surface area (Å²) in [6.45, 7) is 2.78. The van der Waals surface area contributed by atoms with Gasteiger partial charge >= 0.3 is 0 Å². The lowest BCUT2D eigenvalue weighted by molar-refractivity contribution is 0.0951. The molecule has 2 heterocycles. The number of amides is 1. The van der Waals surface area contributed by atoms with Crippen LogP contribution in [0.15, 0.2) is 28.7 Å². The van der Waals surface area contributed by atoms with Gasteiger partial charge in [0.05, 0.1) is 12.1 Å². The second kappa shape index (κ2) is 5.03. The molecule has 1 amide bonds. The maximum atomic E-state index is 12.0. The van der Waals surface area contributed by atoms with E-state index in [0.717, 1.165) is 24.1 Å². The lowest BCUT2D eigenvalue weighted by Crippen LogP contribution is -2.31. The van der Waals surface area contributed by atoms with E-state index in [2.05, 4.69) is 10.3 Å². The summed E-state index contributed by atoms with van der Waals surface area (Å²) < 4.78 is 5.83. The van der Waals surface area contributed by atoms with Gasteiger partial charge in [0.2, 0.25) is 0 Å². The SMILES string of the molecule is NNC(=O)c1c(CN2CCCC2)oc2ccccc12. The van der Waals surface area contributed by atoms with Gasteiger partial charge in [-0.05, 0) is 32.0 Å². The molecule has 1 aliphatic heterocycles. The number of nitrogens with zero attached hydrogens (tertiary/aromatic N) is 1. The van der Waals surface area contributed by atoms with Crippen LogP contribution in [0.5, 0.6) is 0 Å². The lowest BCUT2D eigenvalue weighted by Gasteiger charge is -2.13. The van der Waals surface area contributed by atoms with Crippen molar-refractivity contribution in [2.75, 3.05) is 13.1 Å². The number of hydrogen-bond acceptors (Lipinski definition) is 4. The van der Waals surface area contributed by atoms with Crippen molar-refractivity contribution in [3.05, 3.63) is 35.6 Å². The molecular weight excluding hydrogens is 242 g/mol. The molecule has 1 saturated heterocycles. The predicted molar refractivity (Wildman–Crippen MR) is 72.4 cm³/mol. The van der Waals surface area contributed by atoms with Crippen molar-refractivity contribution in [2.45, 2.75) is 19.4 Å². The van der Waals surface area contributed by atoms with E-state index >= 15 is 0 Å². The van der Waals surface area contributed by atoms with Crippen LogP contribution in [0.3, 0.4) is 0 Å². The minimum absolute atomic E-state index is 0.292. The first-order valence-corrected chi connectivity index (χ1v) is 6.53. The third-order valence-electron chi connectivity index (χ3n) is 3.59.